The molecule has 0 saturated carbocycles. The van der Waals surface area contributed by atoms with E-state index in [2.05, 4.69) is 81.5 Å². The number of hydrogen-bond donors (Lipinski definition) is 0. The van der Waals surface area contributed by atoms with Crippen molar-refractivity contribution in [1.29, 1.82) is 0 Å². The van der Waals surface area contributed by atoms with E-state index in [1.807, 2.05) is 0 Å². The number of hydrogen-bond acceptors (Lipinski definition) is 6. The molecule has 0 spiro atoms. The smallest absolute Gasteiger partial charge is 0.306 e. The van der Waals surface area contributed by atoms with Gasteiger partial charge >= 0.3 is 17.9 Å². The number of carbonyl (C=O) groups excluding carboxylic acids is 3. The van der Waals surface area contributed by atoms with Gasteiger partial charge in [-0.15, -0.1) is 0 Å². The SMILES string of the molecule is CCCCC/C=C\C/C=C\C/C=C\C/C=C\CCCC(=O)OCC(COC(=O)CCCCCCC/C=C\CCCCCCCCCCC)OC(=O)CCCCCCCCCCCCCCCCCCCC. The molecule has 0 aliphatic carbocycles. The summed E-state index contributed by atoms with van der Waals surface area (Å²) in [4.78, 5) is 38.2. The second-order valence-corrected chi connectivity index (χ2v) is 20.6. The van der Waals surface area contributed by atoms with Crippen LogP contribution < -0.4 is 0 Å². The topological polar surface area (TPSA) is 78.9 Å². The molecule has 0 amide bonds. The molecule has 6 heteroatoms. The van der Waals surface area contributed by atoms with Gasteiger partial charge in [-0.3, -0.25) is 14.4 Å². The molecule has 412 valence electrons. The first kappa shape index (κ1) is 68.1. The van der Waals surface area contributed by atoms with Gasteiger partial charge in [-0.1, -0.05) is 274 Å². The van der Waals surface area contributed by atoms with Crippen LogP contribution in [0.3, 0.4) is 0 Å². The largest absolute Gasteiger partial charge is 0.462 e. The molecular weight excluding hydrogens is 877 g/mol. The summed E-state index contributed by atoms with van der Waals surface area (Å²) in [5.41, 5.74) is 0. The Bertz CT molecular complexity index is 1280. The monoisotopic (exact) mass is 993 g/mol. The molecule has 1 unspecified atom stereocenters. The maximum Gasteiger partial charge on any atom is 0.306 e. The van der Waals surface area contributed by atoms with Gasteiger partial charge in [0.25, 0.3) is 0 Å². The van der Waals surface area contributed by atoms with E-state index in [0.717, 1.165) is 70.6 Å². The van der Waals surface area contributed by atoms with Crippen LogP contribution in [0.4, 0.5) is 0 Å². The van der Waals surface area contributed by atoms with Crippen LogP contribution in [-0.4, -0.2) is 37.2 Å². The summed E-state index contributed by atoms with van der Waals surface area (Å²) >= 11 is 0. The molecule has 0 aromatic rings. The van der Waals surface area contributed by atoms with Gasteiger partial charge in [-0.25, -0.2) is 0 Å². The number of rotatable bonds is 56. The van der Waals surface area contributed by atoms with Gasteiger partial charge in [-0.2, -0.15) is 0 Å². The van der Waals surface area contributed by atoms with E-state index in [1.165, 1.54) is 199 Å². The predicted octanol–water partition coefficient (Wildman–Crippen LogP) is 20.8. The Hall–Kier alpha value is -2.89. The lowest BCUT2D eigenvalue weighted by Gasteiger charge is -2.18. The van der Waals surface area contributed by atoms with Crippen LogP contribution in [0.25, 0.3) is 0 Å². The first-order valence-corrected chi connectivity index (χ1v) is 30.8. The van der Waals surface area contributed by atoms with Gasteiger partial charge in [0.05, 0.1) is 0 Å². The van der Waals surface area contributed by atoms with Crippen molar-refractivity contribution in [1.82, 2.24) is 0 Å². The molecule has 0 aromatic carbocycles. The van der Waals surface area contributed by atoms with Crippen LogP contribution >= 0.6 is 0 Å². The van der Waals surface area contributed by atoms with Gasteiger partial charge < -0.3 is 14.2 Å². The lowest BCUT2D eigenvalue weighted by molar-refractivity contribution is -0.167. The minimum atomic E-state index is -0.798. The van der Waals surface area contributed by atoms with Crippen LogP contribution in [0.1, 0.15) is 316 Å². The van der Waals surface area contributed by atoms with Gasteiger partial charge in [0.1, 0.15) is 13.2 Å². The summed E-state index contributed by atoms with van der Waals surface area (Å²) in [6, 6.07) is 0. The van der Waals surface area contributed by atoms with Crippen LogP contribution in [0.5, 0.6) is 0 Å². The summed E-state index contributed by atoms with van der Waals surface area (Å²) in [5.74, 6) is -0.942. The fourth-order valence-corrected chi connectivity index (χ4v) is 8.84. The molecule has 0 saturated heterocycles. The van der Waals surface area contributed by atoms with E-state index in [9.17, 15) is 14.4 Å². The van der Waals surface area contributed by atoms with Crippen molar-refractivity contribution in [3.8, 4) is 0 Å². The molecule has 0 heterocycles. The number of ether oxygens (including phenoxy) is 3. The van der Waals surface area contributed by atoms with Crippen LogP contribution in [-0.2, 0) is 28.6 Å². The first-order valence-electron chi connectivity index (χ1n) is 30.8. The van der Waals surface area contributed by atoms with E-state index in [-0.39, 0.29) is 37.5 Å². The van der Waals surface area contributed by atoms with Crippen LogP contribution in [0.15, 0.2) is 60.8 Å². The van der Waals surface area contributed by atoms with Crippen molar-refractivity contribution >= 4 is 17.9 Å². The summed E-state index contributed by atoms with van der Waals surface area (Å²) in [6.45, 7) is 6.60. The maximum atomic E-state index is 12.9. The molecule has 0 radical (unpaired) electrons. The summed E-state index contributed by atoms with van der Waals surface area (Å²) in [6.07, 6.45) is 75.1. The summed E-state index contributed by atoms with van der Waals surface area (Å²) in [5, 5.41) is 0. The van der Waals surface area contributed by atoms with E-state index in [1.54, 1.807) is 0 Å². The standard InChI is InChI=1S/C65H116O6/c1-4-7-10-13-16-19-22-25-28-31-34-37-40-43-46-49-52-55-58-64(67)70-61-62(60-69-63(66)57-54-51-48-45-42-39-36-33-30-27-24-21-18-15-12-9-6-3)71-65(68)59-56-53-50-47-44-41-38-35-32-29-26-23-20-17-14-11-8-5-2/h18,21,27,30,34,36-37,39,45,48,62H,4-17,19-20,22-26,28-29,31-33,35,38,40-44,46-47,49-61H2,1-3H3/b21-18-,30-27-,37-34-,39-36-,48-45-. The molecule has 0 aliphatic heterocycles. The molecule has 0 fully saturated rings. The average Bonchev–Trinajstić information content (AvgIpc) is 3.37. The Morgan fingerprint density at radius 2 is 0.521 bits per heavy atom. The van der Waals surface area contributed by atoms with Crippen LogP contribution in [0.2, 0.25) is 0 Å². The molecule has 0 bridgehead atoms. The Balaban J connectivity index is 4.43. The number of esters is 3. The maximum absolute atomic E-state index is 12.9. The quantitative estimate of drug-likeness (QED) is 0.0261. The predicted molar refractivity (Wildman–Crippen MR) is 307 cm³/mol. The highest BCUT2D eigenvalue weighted by molar-refractivity contribution is 5.71. The third-order valence-electron chi connectivity index (χ3n) is 13.5. The lowest BCUT2D eigenvalue weighted by atomic mass is 10.0. The highest BCUT2D eigenvalue weighted by Gasteiger charge is 2.19. The van der Waals surface area contributed by atoms with Gasteiger partial charge in [0.15, 0.2) is 6.10 Å². The third-order valence-corrected chi connectivity index (χ3v) is 13.5. The van der Waals surface area contributed by atoms with E-state index < -0.39 is 6.10 Å². The summed E-state index contributed by atoms with van der Waals surface area (Å²) < 4.78 is 16.9. The van der Waals surface area contributed by atoms with E-state index in [4.69, 9.17) is 14.2 Å². The van der Waals surface area contributed by atoms with Gasteiger partial charge in [0.2, 0.25) is 0 Å². The zero-order valence-electron chi connectivity index (χ0n) is 47.2. The highest BCUT2D eigenvalue weighted by Crippen LogP contribution is 2.16. The van der Waals surface area contributed by atoms with E-state index >= 15 is 0 Å². The Labute approximate surface area is 440 Å². The lowest BCUT2D eigenvalue weighted by Crippen LogP contribution is -2.30. The Kier molecular flexibility index (Phi) is 57.2. The van der Waals surface area contributed by atoms with Crippen molar-refractivity contribution in [3.63, 3.8) is 0 Å². The fraction of sp³-hybridized carbons (Fsp3) is 0.800. The third kappa shape index (κ3) is 57.9. The zero-order chi connectivity index (χ0) is 51.4. The van der Waals surface area contributed by atoms with Crippen molar-refractivity contribution in [2.24, 2.45) is 0 Å². The molecule has 0 aliphatic rings. The minimum absolute atomic E-state index is 0.0927. The normalized spacial score (nSPS) is 12.4. The molecule has 0 aromatic heterocycles. The van der Waals surface area contributed by atoms with Gasteiger partial charge in [-0.05, 0) is 83.5 Å². The molecule has 0 N–H and O–H groups in total. The molecule has 0 rings (SSSR count). The second kappa shape index (κ2) is 59.7. The summed E-state index contributed by atoms with van der Waals surface area (Å²) in [7, 11) is 0. The first-order chi connectivity index (χ1) is 35.0. The van der Waals surface area contributed by atoms with Crippen molar-refractivity contribution < 1.29 is 28.6 Å². The Morgan fingerprint density at radius 3 is 0.887 bits per heavy atom. The molecule has 71 heavy (non-hydrogen) atoms. The van der Waals surface area contributed by atoms with Crippen molar-refractivity contribution in [3.05, 3.63) is 60.8 Å². The molecular formula is C65H116O6. The zero-order valence-corrected chi connectivity index (χ0v) is 47.2. The van der Waals surface area contributed by atoms with E-state index in [0.29, 0.717) is 19.3 Å². The number of allylic oxidation sites excluding steroid dienone is 10. The average molecular weight is 994 g/mol. The second-order valence-electron chi connectivity index (χ2n) is 20.6. The van der Waals surface area contributed by atoms with Crippen molar-refractivity contribution in [2.45, 2.75) is 322 Å². The van der Waals surface area contributed by atoms with Gasteiger partial charge in [0, 0.05) is 19.3 Å². The van der Waals surface area contributed by atoms with Crippen LogP contribution in [0, 0.1) is 0 Å². The minimum Gasteiger partial charge on any atom is -0.462 e. The molecule has 1 atom stereocenters. The highest BCUT2D eigenvalue weighted by atomic mass is 16.6. The Morgan fingerprint density at radius 1 is 0.282 bits per heavy atom. The van der Waals surface area contributed by atoms with Crippen molar-refractivity contribution in [2.75, 3.05) is 13.2 Å². The molecule has 6 nitrogen and oxygen atoms in total. The number of carbonyl (C=O) groups is 3. The number of unbranched alkanes of at least 4 members (excludes halogenated alkanes) is 35. The fourth-order valence-electron chi connectivity index (χ4n) is 8.84.